The van der Waals surface area contributed by atoms with E-state index in [1.165, 1.54) is 12.1 Å². The number of nitrogens with zero attached hydrogens (tertiary/aromatic N) is 1. The summed E-state index contributed by atoms with van der Waals surface area (Å²) < 4.78 is 5.06. The Balaban J connectivity index is 2.20. The third kappa shape index (κ3) is 4.49. The maximum Gasteiger partial charge on any atom is 0.266 e. The van der Waals surface area contributed by atoms with Gasteiger partial charge < -0.3 is 10.1 Å². The Morgan fingerprint density at radius 3 is 2.48 bits per heavy atom. The van der Waals surface area contributed by atoms with Crippen molar-refractivity contribution in [3.63, 3.8) is 0 Å². The van der Waals surface area contributed by atoms with Crippen LogP contribution in [0.5, 0.6) is 5.75 Å². The van der Waals surface area contributed by atoms with Crippen LogP contribution in [0, 0.1) is 11.3 Å². The standard InChI is InChI=1S/C17H12Cl2N2O2/c1-23-14-5-2-11(3-6-14)8-12(10-20)17(22)21-16-7-4-13(18)9-15(16)19/h2-9H,1H3,(H,21,22)/b12-8-. The molecule has 0 atom stereocenters. The number of halogens is 2. The molecule has 1 amide bonds. The van der Waals surface area contributed by atoms with Gasteiger partial charge in [0.1, 0.15) is 17.4 Å². The van der Waals surface area contributed by atoms with Crippen molar-refractivity contribution in [3.8, 4) is 11.8 Å². The topological polar surface area (TPSA) is 62.1 Å². The highest BCUT2D eigenvalue weighted by Gasteiger charge is 2.11. The van der Waals surface area contributed by atoms with Crippen LogP contribution in [0.25, 0.3) is 6.08 Å². The highest BCUT2D eigenvalue weighted by Crippen LogP contribution is 2.26. The van der Waals surface area contributed by atoms with Gasteiger partial charge in [-0.15, -0.1) is 0 Å². The molecule has 23 heavy (non-hydrogen) atoms. The van der Waals surface area contributed by atoms with Gasteiger partial charge in [0.05, 0.1) is 17.8 Å². The van der Waals surface area contributed by atoms with E-state index in [1.54, 1.807) is 43.5 Å². The lowest BCUT2D eigenvalue weighted by Gasteiger charge is -2.07. The zero-order valence-electron chi connectivity index (χ0n) is 12.1. The summed E-state index contributed by atoms with van der Waals surface area (Å²) in [5, 5.41) is 12.5. The van der Waals surface area contributed by atoms with E-state index in [-0.39, 0.29) is 5.57 Å². The fourth-order valence-corrected chi connectivity index (χ4v) is 2.25. The van der Waals surface area contributed by atoms with Crippen LogP contribution in [0.4, 0.5) is 5.69 Å². The van der Waals surface area contributed by atoms with E-state index in [0.29, 0.717) is 27.0 Å². The van der Waals surface area contributed by atoms with Gasteiger partial charge in [0.25, 0.3) is 5.91 Å². The van der Waals surface area contributed by atoms with Crippen LogP contribution >= 0.6 is 23.2 Å². The monoisotopic (exact) mass is 346 g/mol. The zero-order chi connectivity index (χ0) is 16.8. The SMILES string of the molecule is COc1ccc(/C=C(/C#N)C(=O)Nc2ccc(Cl)cc2Cl)cc1. The number of nitrogens with one attached hydrogen (secondary N) is 1. The largest absolute Gasteiger partial charge is 0.497 e. The summed E-state index contributed by atoms with van der Waals surface area (Å²) in [7, 11) is 1.56. The first-order valence-corrected chi connectivity index (χ1v) is 7.31. The minimum atomic E-state index is -0.549. The summed E-state index contributed by atoms with van der Waals surface area (Å²) in [6.07, 6.45) is 1.48. The number of carbonyl (C=O) groups excluding carboxylic acids is 1. The van der Waals surface area contributed by atoms with Crippen molar-refractivity contribution >= 4 is 40.9 Å². The van der Waals surface area contributed by atoms with Gasteiger partial charge in [-0.05, 0) is 42.0 Å². The Morgan fingerprint density at radius 2 is 1.91 bits per heavy atom. The van der Waals surface area contributed by atoms with Gasteiger partial charge >= 0.3 is 0 Å². The maximum absolute atomic E-state index is 12.2. The number of amides is 1. The fourth-order valence-electron chi connectivity index (χ4n) is 1.80. The molecule has 2 rings (SSSR count). The molecule has 0 aliphatic rings. The molecule has 0 unspecified atom stereocenters. The van der Waals surface area contributed by atoms with E-state index in [0.717, 1.165) is 0 Å². The summed E-state index contributed by atoms with van der Waals surface area (Å²) >= 11 is 11.8. The number of ether oxygens (including phenoxy) is 1. The average Bonchev–Trinajstić information content (AvgIpc) is 2.55. The van der Waals surface area contributed by atoms with Gasteiger partial charge in [-0.1, -0.05) is 35.3 Å². The Hall–Kier alpha value is -2.48. The van der Waals surface area contributed by atoms with E-state index < -0.39 is 5.91 Å². The Labute approximate surface area is 143 Å². The van der Waals surface area contributed by atoms with Crippen molar-refractivity contribution in [2.45, 2.75) is 0 Å². The van der Waals surface area contributed by atoms with E-state index >= 15 is 0 Å². The minimum absolute atomic E-state index is 0.0406. The van der Waals surface area contributed by atoms with Crippen molar-refractivity contribution in [1.29, 1.82) is 5.26 Å². The number of carbonyl (C=O) groups is 1. The first kappa shape index (κ1) is 16.9. The molecule has 0 saturated heterocycles. The molecule has 116 valence electrons. The minimum Gasteiger partial charge on any atom is -0.497 e. The predicted octanol–water partition coefficient (Wildman–Crippen LogP) is 4.55. The lowest BCUT2D eigenvalue weighted by atomic mass is 10.1. The van der Waals surface area contributed by atoms with E-state index in [9.17, 15) is 10.1 Å². The maximum atomic E-state index is 12.2. The number of rotatable bonds is 4. The average molecular weight is 347 g/mol. The number of hydrogen-bond acceptors (Lipinski definition) is 3. The molecule has 0 aliphatic carbocycles. The highest BCUT2D eigenvalue weighted by molar-refractivity contribution is 6.36. The van der Waals surface area contributed by atoms with E-state index in [1.807, 2.05) is 6.07 Å². The smallest absolute Gasteiger partial charge is 0.266 e. The lowest BCUT2D eigenvalue weighted by molar-refractivity contribution is -0.112. The van der Waals surface area contributed by atoms with Crippen LogP contribution in [-0.4, -0.2) is 13.0 Å². The third-order valence-electron chi connectivity index (χ3n) is 2.97. The molecule has 0 radical (unpaired) electrons. The number of anilines is 1. The molecular formula is C17H12Cl2N2O2. The number of nitriles is 1. The molecule has 0 aromatic heterocycles. The predicted molar refractivity (Wildman–Crippen MR) is 91.7 cm³/mol. The first-order valence-electron chi connectivity index (χ1n) is 6.55. The number of benzene rings is 2. The molecule has 0 aliphatic heterocycles. The van der Waals surface area contributed by atoms with Crippen molar-refractivity contribution in [3.05, 3.63) is 63.6 Å². The first-order chi connectivity index (χ1) is 11.0. The third-order valence-corrected chi connectivity index (χ3v) is 3.52. The second kappa shape index (κ2) is 7.68. The summed E-state index contributed by atoms with van der Waals surface area (Å²) in [6.45, 7) is 0. The van der Waals surface area contributed by atoms with Crippen LogP contribution < -0.4 is 10.1 Å². The second-order valence-electron chi connectivity index (χ2n) is 4.52. The molecule has 0 fully saturated rings. The molecule has 0 saturated carbocycles. The van der Waals surface area contributed by atoms with Crippen molar-refractivity contribution in [1.82, 2.24) is 0 Å². The number of hydrogen-bond donors (Lipinski definition) is 1. The van der Waals surface area contributed by atoms with Crippen molar-refractivity contribution in [2.24, 2.45) is 0 Å². The lowest BCUT2D eigenvalue weighted by Crippen LogP contribution is -2.13. The molecule has 0 spiro atoms. The normalized spacial score (nSPS) is 10.8. The van der Waals surface area contributed by atoms with Gasteiger partial charge in [-0.2, -0.15) is 5.26 Å². The quantitative estimate of drug-likeness (QED) is 0.652. The van der Waals surface area contributed by atoms with E-state index in [2.05, 4.69) is 5.32 Å². The molecule has 4 nitrogen and oxygen atoms in total. The summed E-state index contributed by atoms with van der Waals surface area (Å²) in [5.41, 5.74) is 1.05. The van der Waals surface area contributed by atoms with Crippen molar-refractivity contribution < 1.29 is 9.53 Å². The number of methoxy groups -OCH3 is 1. The Bertz CT molecular complexity index is 793. The van der Waals surface area contributed by atoms with Crippen LogP contribution in [0.1, 0.15) is 5.56 Å². The van der Waals surface area contributed by atoms with Crippen LogP contribution in [0.3, 0.4) is 0 Å². The molecule has 2 aromatic rings. The summed E-state index contributed by atoms with van der Waals surface area (Å²) in [6, 6.07) is 13.6. The highest BCUT2D eigenvalue weighted by atomic mass is 35.5. The zero-order valence-corrected chi connectivity index (χ0v) is 13.7. The molecule has 2 aromatic carbocycles. The molecule has 1 N–H and O–H groups in total. The van der Waals surface area contributed by atoms with Gasteiger partial charge in [-0.3, -0.25) is 4.79 Å². The second-order valence-corrected chi connectivity index (χ2v) is 5.36. The van der Waals surface area contributed by atoms with Gasteiger partial charge in [0.15, 0.2) is 0 Å². The van der Waals surface area contributed by atoms with Gasteiger partial charge in [0, 0.05) is 5.02 Å². The summed E-state index contributed by atoms with van der Waals surface area (Å²) in [5.74, 6) is 0.144. The molecular weight excluding hydrogens is 335 g/mol. The van der Waals surface area contributed by atoms with Crippen LogP contribution in [0.15, 0.2) is 48.0 Å². The van der Waals surface area contributed by atoms with Gasteiger partial charge in [0.2, 0.25) is 0 Å². The van der Waals surface area contributed by atoms with Gasteiger partial charge in [-0.25, -0.2) is 0 Å². The Morgan fingerprint density at radius 1 is 1.22 bits per heavy atom. The van der Waals surface area contributed by atoms with Crippen molar-refractivity contribution in [2.75, 3.05) is 12.4 Å². The fraction of sp³-hybridized carbons (Fsp3) is 0.0588. The summed E-state index contributed by atoms with van der Waals surface area (Å²) in [4.78, 5) is 12.2. The molecule has 6 heteroatoms. The van der Waals surface area contributed by atoms with Crippen LogP contribution in [-0.2, 0) is 4.79 Å². The Kier molecular flexibility index (Phi) is 5.64. The van der Waals surface area contributed by atoms with Crippen LogP contribution in [0.2, 0.25) is 10.0 Å². The van der Waals surface area contributed by atoms with E-state index in [4.69, 9.17) is 27.9 Å². The molecule has 0 heterocycles. The molecule has 0 bridgehead atoms.